The maximum Gasteiger partial charge on any atom is 0.256 e. The van der Waals surface area contributed by atoms with Gasteiger partial charge in [-0.1, -0.05) is 28.1 Å². The van der Waals surface area contributed by atoms with Crippen LogP contribution < -0.4 is 0 Å². The molecule has 0 aliphatic carbocycles. The van der Waals surface area contributed by atoms with Crippen molar-refractivity contribution in [2.24, 2.45) is 0 Å². The second-order valence-electron chi connectivity index (χ2n) is 5.90. The molecule has 4 nitrogen and oxygen atoms in total. The van der Waals surface area contributed by atoms with Crippen molar-refractivity contribution in [3.63, 3.8) is 0 Å². The predicted molar refractivity (Wildman–Crippen MR) is 87.0 cm³/mol. The molecular formula is C16H23BrN2O2. The molecule has 2 atom stereocenters. The summed E-state index contributed by atoms with van der Waals surface area (Å²) in [6.07, 6.45) is 2.11. The Balaban J connectivity index is 2.10. The number of likely N-dealkylation sites (N-methyl/N-ethyl adjacent to an activating group) is 1. The van der Waals surface area contributed by atoms with Crippen molar-refractivity contribution in [2.45, 2.75) is 31.4 Å². The Morgan fingerprint density at radius 1 is 1.38 bits per heavy atom. The van der Waals surface area contributed by atoms with Crippen molar-refractivity contribution >= 4 is 21.8 Å². The van der Waals surface area contributed by atoms with Crippen molar-refractivity contribution in [2.75, 3.05) is 27.2 Å². The van der Waals surface area contributed by atoms with Gasteiger partial charge in [-0.2, -0.15) is 0 Å². The maximum atomic E-state index is 12.6. The molecule has 0 radical (unpaired) electrons. The van der Waals surface area contributed by atoms with Gasteiger partial charge in [-0.05, 0) is 51.1 Å². The molecule has 1 fully saturated rings. The first-order valence-corrected chi connectivity index (χ1v) is 8.17. The monoisotopic (exact) mass is 354 g/mol. The summed E-state index contributed by atoms with van der Waals surface area (Å²) in [5.74, 6) is -0.177. The van der Waals surface area contributed by atoms with E-state index >= 15 is 0 Å². The predicted octanol–water partition coefficient (Wildman–Crippen LogP) is 2.43. The van der Waals surface area contributed by atoms with Gasteiger partial charge in [-0.3, -0.25) is 4.79 Å². The van der Waals surface area contributed by atoms with Crippen LogP contribution in [0.5, 0.6) is 0 Å². The fourth-order valence-electron chi connectivity index (χ4n) is 2.85. The zero-order valence-corrected chi connectivity index (χ0v) is 14.2. The molecular weight excluding hydrogens is 332 g/mol. The molecule has 1 aliphatic rings. The number of likely N-dealkylation sites (tertiary alicyclic amines) is 1. The molecule has 1 aromatic carbocycles. The van der Waals surface area contributed by atoms with Crippen molar-refractivity contribution in [3.05, 3.63) is 34.3 Å². The number of carbonyl (C=O) groups excluding carboxylic acids is 1. The summed E-state index contributed by atoms with van der Waals surface area (Å²) < 4.78 is 0.939. The number of aliphatic hydroxyl groups is 1. The molecule has 1 saturated heterocycles. The summed E-state index contributed by atoms with van der Waals surface area (Å²) in [4.78, 5) is 16.6. The Labute approximate surface area is 134 Å². The first kappa shape index (κ1) is 16.5. The third-order valence-electron chi connectivity index (χ3n) is 3.91. The average Bonchev–Trinajstić information content (AvgIpc) is 2.46. The van der Waals surface area contributed by atoms with E-state index in [9.17, 15) is 9.90 Å². The van der Waals surface area contributed by atoms with Gasteiger partial charge in [0.2, 0.25) is 0 Å². The molecule has 1 aliphatic heterocycles. The number of hydrogen-bond donors (Lipinski definition) is 1. The highest BCUT2D eigenvalue weighted by atomic mass is 79.9. The molecule has 0 bridgehead atoms. The molecule has 2 rings (SSSR count). The Hall–Kier alpha value is -0.910. The highest BCUT2D eigenvalue weighted by Crippen LogP contribution is 2.24. The maximum absolute atomic E-state index is 12.6. The lowest BCUT2D eigenvalue weighted by Crippen LogP contribution is -2.49. The summed E-state index contributed by atoms with van der Waals surface area (Å²) >= 11 is 3.36. The molecule has 1 N–H and O–H groups in total. The van der Waals surface area contributed by atoms with Gasteiger partial charge in [0.1, 0.15) is 0 Å². The van der Waals surface area contributed by atoms with Crippen molar-refractivity contribution in [3.8, 4) is 0 Å². The molecule has 0 unspecified atom stereocenters. The lowest BCUT2D eigenvalue weighted by atomic mass is 9.99. The van der Waals surface area contributed by atoms with E-state index in [1.807, 2.05) is 31.1 Å². The Morgan fingerprint density at radius 2 is 2.05 bits per heavy atom. The van der Waals surface area contributed by atoms with Crippen LogP contribution in [-0.2, 0) is 4.79 Å². The normalized spacial score (nSPS) is 20.6. The Kier molecular flexibility index (Phi) is 5.79. The molecule has 1 amide bonds. The minimum atomic E-state index is -1.07. The van der Waals surface area contributed by atoms with Gasteiger partial charge < -0.3 is 14.9 Å². The van der Waals surface area contributed by atoms with E-state index in [1.165, 1.54) is 0 Å². The molecule has 0 saturated carbocycles. The van der Waals surface area contributed by atoms with Gasteiger partial charge in [0.05, 0.1) is 0 Å². The standard InChI is InChI=1S/C16H23BrN2O2/c1-18(2)11-14-5-3-4-10-19(14)16(21)15(20)12-6-8-13(17)9-7-12/h6-9,14-15,20H,3-5,10-11H2,1-2H3/t14-,15-/m0/s1. The number of nitrogens with zero attached hydrogens (tertiary/aromatic N) is 2. The van der Waals surface area contributed by atoms with Gasteiger partial charge in [0.25, 0.3) is 5.91 Å². The van der Waals surface area contributed by atoms with E-state index in [2.05, 4.69) is 20.8 Å². The van der Waals surface area contributed by atoms with Crippen molar-refractivity contribution in [1.29, 1.82) is 0 Å². The lowest BCUT2D eigenvalue weighted by molar-refractivity contribution is -0.144. The van der Waals surface area contributed by atoms with Gasteiger partial charge in [0.15, 0.2) is 6.10 Å². The highest BCUT2D eigenvalue weighted by molar-refractivity contribution is 9.10. The van der Waals surface area contributed by atoms with Crippen LogP contribution in [0.25, 0.3) is 0 Å². The number of piperidine rings is 1. The van der Waals surface area contributed by atoms with Crippen LogP contribution in [-0.4, -0.2) is 54.0 Å². The van der Waals surface area contributed by atoms with Crippen LogP contribution in [0.15, 0.2) is 28.7 Å². The fourth-order valence-corrected chi connectivity index (χ4v) is 3.11. The van der Waals surface area contributed by atoms with E-state index in [1.54, 1.807) is 12.1 Å². The van der Waals surface area contributed by atoms with Crippen LogP contribution in [0.3, 0.4) is 0 Å². The summed E-state index contributed by atoms with van der Waals surface area (Å²) in [7, 11) is 4.03. The topological polar surface area (TPSA) is 43.8 Å². The number of aliphatic hydroxyl groups excluding tert-OH is 1. The zero-order chi connectivity index (χ0) is 15.4. The van der Waals surface area contributed by atoms with Gasteiger partial charge in [-0.15, -0.1) is 0 Å². The number of amides is 1. The lowest BCUT2D eigenvalue weighted by Gasteiger charge is -2.38. The van der Waals surface area contributed by atoms with E-state index in [-0.39, 0.29) is 11.9 Å². The second kappa shape index (κ2) is 7.38. The van der Waals surface area contributed by atoms with E-state index in [0.29, 0.717) is 5.56 Å². The number of benzene rings is 1. The third-order valence-corrected chi connectivity index (χ3v) is 4.43. The number of hydrogen-bond acceptors (Lipinski definition) is 3. The van der Waals surface area contributed by atoms with Gasteiger partial charge >= 0.3 is 0 Å². The molecule has 5 heteroatoms. The summed E-state index contributed by atoms with van der Waals surface area (Å²) in [5, 5.41) is 10.4. The molecule has 1 aromatic rings. The summed E-state index contributed by atoms with van der Waals surface area (Å²) in [5.41, 5.74) is 0.650. The molecule has 116 valence electrons. The molecule has 1 heterocycles. The van der Waals surface area contributed by atoms with Crippen LogP contribution in [0.4, 0.5) is 0 Å². The summed E-state index contributed by atoms with van der Waals surface area (Å²) in [6, 6.07) is 7.47. The van der Waals surface area contributed by atoms with Crippen molar-refractivity contribution in [1.82, 2.24) is 9.80 Å². The molecule has 0 aromatic heterocycles. The van der Waals surface area contributed by atoms with Crippen LogP contribution in [0.1, 0.15) is 30.9 Å². The smallest absolute Gasteiger partial charge is 0.256 e. The zero-order valence-electron chi connectivity index (χ0n) is 12.6. The van der Waals surface area contributed by atoms with Crippen LogP contribution in [0, 0.1) is 0 Å². The van der Waals surface area contributed by atoms with E-state index < -0.39 is 6.10 Å². The largest absolute Gasteiger partial charge is 0.378 e. The van der Waals surface area contributed by atoms with Gasteiger partial charge in [0, 0.05) is 23.6 Å². The number of carbonyl (C=O) groups is 1. The average molecular weight is 355 g/mol. The molecule has 21 heavy (non-hydrogen) atoms. The SMILES string of the molecule is CN(C)C[C@@H]1CCCCN1C(=O)[C@@H](O)c1ccc(Br)cc1. The van der Waals surface area contributed by atoms with Crippen LogP contribution >= 0.6 is 15.9 Å². The van der Waals surface area contributed by atoms with E-state index in [4.69, 9.17) is 0 Å². The number of rotatable bonds is 4. The van der Waals surface area contributed by atoms with Gasteiger partial charge in [-0.25, -0.2) is 0 Å². The minimum Gasteiger partial charge on any atom is -0.378 e. The van der Waals surface area contributed by atoms with Crippen LogP contribution in [0.2, 0.25) is 0 Å². The quantitative estimate of drug-likeness (QED) is 0.902. The van der Waals surface area contributed by atoms with E-state index in [0.717, 1.165) is 36.8 Å². The first-order valence-electron chi connectivity index (χ1n) is 7.38. The molecule has 0 spiro atoms. The number of halogens is 1. The first-order chi connectivity index (χ1) is 9.99. The summed E-state index contributed by atoms with van der Waals surface area (Å²) in [6.45, 7) is 1.59. The third kappa shape index (κ3) is 4.28. The van der Waals surface area contributed by atoms with Crippen molar-refractivity contribution < 1.29 is 9.90 Å². The highest BCUT2D eigenvalue weighted by Gasteiger charge is 2.31. The Bertz CT molecular complexity index is 476. The second-order valence-corrected chi connectivity index (χ2v) is 6.81. The fraction of sp³-hybridized carbons (Fsp3) is 0.562. The Morgan fingerprint density at radius 3 is 2.67 bits per heavy atom. The minimum absolute atomic E-state index is 0.177.